The highest BCUT2D eigenvalue weighted by molar-refractivity contribution is 6.35. The summed E-state index contributed by atoms with van der Waals surface area (Å²) in [7, 11) is 0. The third kappa shape index (κ3) is 4.87. The van der Waals surface area contributed by atoms with Gasteiger partial charge in [-0.05, 0) is 31.5 Å². The number of hydrogen-bond donors (Lipinski definition) is 2. The number of halogens is 2. The number of benzene rings is 1. The van der Waals surface area contributed by atoms with E-state index < -0.39 is 6.03 Å². The van der Waals surface area contributed by atoms with E-state index in [-0.39, 0.29) is 6.10 Å². The summed E-state index contributed by atoms with van der Waals surface area (Å²) in [6.07, 6.45) is 7.01. The summed E-state index contributed by atoms with van der Waals surface area (Å²) in [4.78, 5) is 28.3. The molecule has 5 rings (SSSR count). The fraction of sp³-hybridized carbons (Fsp3) is 0.292. The Balaban J connectivity index is 1.36. The zero-order valence-electron chi connectivity index (χ0n) is 19.5. The molecule has 186 valence electrons. The van der Waals surface area contributed by atoms with Gasteiger partial charge >= 0.3 is 6.03 Å². The van der Waals surface area contributed by atoms with E-state index >= 15 is 0 Å². The predicted molar refractivity (Wildman–Crippen MR) is 138 cm³/mol. The van der Waals surface area contributed by atoms with Crippen LogP contribution < -0.4 is 15.4 Å². The molecule has 3 aromatic heterocycles. The molecule has 1 aliphatic rings. The number of aromatic amines is 1. The molecule has 0 aliphatic carbocycles. The first-order chi connectivity index (χ1) is 17.4. The predicted octanol–water partition coefficient (Wildman–Crippen LogP) is 4.45. The fourth-order valence-electron chi connectivity index (χ4n) is 4.30. The van der Waals surface area contributed by atoms with Gasteiger partial charge in [-0.1, -0.05) is 23.2 Å². The SMILES string of the molecule is C[C@@H](Oc1ccc2[nH]nc(-c3cnc(N4CCCN(C(N)=O)CC4)nc3)c2c1)c1c(Cl)cncc1Cl. The van der Waals surface area contributed by atoms with Crippen molar-refractivity contribution in [1.82, 2.24) is 30.0 Å². The topological polar surface area (TPSA) is 126 Å². The number of carbonyl (C=O) groups excluding carboxylic acids is 1. The minimum atomic E-state index is -0.400. The number of primary amides is 1. The van der Waals surface area contributed by atoms with Gasteiger partial charge < -0.3 is 20.3 Å². The van der Waals surface area contributed by atoms with E-state index in [1.54, 1.807) is 29.7 Å². The molecule has 1 aliphatic heterocycles. The van der Waals surface area contributed by atoms with Gasteiger partial charge in [-0.15, -0.1) is 0 Å². The molecule has 0 unspecified atom stereocenters. The molecule has 12 heteroatoms. The maximum atomic E-state index is 11.5. The number of H-pyrrole nitrogens is 1. The van der Waals surface area contributed by atoms with Gasteiger partial charge in [-0.3, -0.25) is 10.1 Å². The fourth-order valence-corrected chi connectivity index (χ4v) is 4.98. The van der Waals surface area contributed by atoms with Gasteiger partial charge in [-0.25, -0.2) is 14.8 Å². The van der Waals surface area contributed by atoms with Crippen molar-refractivity contribution in [3.8, 4) is 17.0 Å². The van der Waals surface area contributed by atoms with Crippen LogP contribution in [0.15, 0.2) is 43.0 Å². The summed E-state index contributed by atoms with van der Waals surface area (Å²) >= 11 is 12.6. The van der Waals surface area contributed by atoms with Crippen molar-refractivity contribution in [2.75, 3.05) is 31.1 Å². The Labute approximate surface area is 217 Å². The van der Waals surface area contributed by atoms with Crippen LogP contribution in [0.3, 0.4) is 0 Å². The number of pyridine rings is 1. The van der Waals surface area contributed by atoms with E-state index in [4.69, 9.17) is 33.7 Å². The molecule has 3 N–H and O–H groups in total. The van der Waals surface area contributed by atoms with Gasteiger partial charge in [-0.2, -0.15) is 5.10 Å². The van der Waals surface area contributed by atoms with Crippen LogP contribution in [0.25, 0.3) is 22.2 Å². The van der Waals surface area contributed by atoms with E-state index in [9.17, 15) is 4.79 Å². The third-order valence-corrected chi connectivity index (χ3v) is 6.75. The Kier molecular flexibility index (Phi) is 6.80. The van der Waals surface area contributed by atoms with Crippen molar-refractivity contribution in [3.63, 3.8) is 0 Å². The van der Waals surface area contributed by atoms with E-state index in [0.717, 1.165) is 29.4 Å². The van der Waals surface area contributed by atoms with Crippen LogP contribution in [0.5, 0.6) is 5.75 Å². The van der Waals surface area contributed by atoms with Crippen molar-refractivity contribution >= 4 is 46.1 Å². The Morgan fingerprint density at radius 1 is 1.08 bits per heavy atom. The minimum absolute atomic E-state index is 0.387. The minimum Gasteiger partial charge on any atom is -0.486 e. The average molecular weight is 527 g/mol. The second-order valence-electron chi connectivity index (χ2n) is 8.49. The number of aromatic nitrogens is 5. The largest absolute Gasteiger partial charge is 0.486 e. The quantitative estimate of drug-likeness (QED) is 0.393. The Morgan fingerprint density at radius 2 is 1.83 bits per heavy atom. The Morgan fingerprint density at radius 3 is 2.56 bits per heavy atom. The summed E-state index contributed by atoms with van der Waals surface area (Å²) in [6, 6.07) is 5.27. The van der Waals surface area contributed by atoms with Gasteiger partial charge in [0.05, 0.1) is 15.6 Å². The van der Waals surface area contributed by atoms with Crippen LogP contribution in [0.1, 0.15) is 25.0 Å². The van der Waals surface area contributed by atoms with Crippen LogP contribution in [0.4, 0.5) is 10.7 Å². The molecule has 1 aromatic carbocycles. The zero-order valence-corrected chi connectivity index (χ0v) is 21.0. The molecule has 1 fully saturated rings. The molecular weight excluding hydrogens is 503 g/mol. The average Bonchev–Trinajstić information content (AvgIpc) is 3.11. The van der Waals surface area contributed by atoms with Crippen LogP contribution in [0, 0.1) is 0 Å². The van der Waals surface area contributed by atoms with Gasteiger partial charge in [0.1, 0.15) is 17.5 Å². The molecule has 1 saturated heterocycles. The first-order valence-corrected chi connectivity index (χ1v) is 12.2. The second-order valence-corrected chi connectivity index (χ2v) is 9.31. The van der Waals surface area contributed by atoms with E-state index in [0.29, 0.717) is 52.6 Å². The summed E-state index contributed by atoms with van der Waals surface area (Å²) in [5.41, 5.74) is 8.44. The summed E-state index contributed by atoms with van der Waals surface area (Å²) in [5, 5.41) is 9.29. The molecule has 4 heterocycles. The molecule has 1 atom stereocenters. The Hall–Kier alpha value is -3.63. The molecular formula is C24H24Cl2N8O2. The molecule has 0 radical (unpaired) electrons. The Bertz CT molecular complexity index is 1370. The van der Waals surface area contributed by atoms with Crippen molar-refractivity contribution in [3.05, 3.63) is 58.6 Å². The standard InChI is InChI=1S/C24H24Cl2N8O2/c1-14(21-18(25)12-28-13-19(21)26)36-16-3-4-20-17(9-16)22(32-31-20)15-10-29-24(30-11-15)34-6-2-5-33(7-8-34)23(27)35/h3-4,9-14H,2,5-8H2,1H3,(H2,27,35)(H,31,32)/t14-/m1/s1. The van der Waals surface area contributed by atoms with Crippen molar-refractivity contribution < 1.29 is 9.53 Å². The van der Waals surface area contributed by atoms with Crippen LogP contribution >= 0.6 is 23.2 Å². The third-order valence-electron chi connectivity index (χ3n) is 6.15. The molecule has 2 amide bonds. The molecule has 4 aromatic rings. The second kappa shape index (κ2) is 10.2. The maximum absolute atomic E-state index is 11.5. The van der Waals surface area contributed by atoms with Gasteiger partial charge in [0.15, 0.2) is 0 Å². The van der Waals surface area contributed by atoms with Crippen molar-refractivity contribution in [2.45, 2.75) is 19.4 Å². The number of nitrogens with two attached hydrogens (primary N) is 1. The van der Waals surface area contributed by atoms with Gasteiger partial charge in [0, 0.05) is 67.5 Å². The van der Waals surface area contributed by atoms with E-state index in [1.165, 1.54) is 0 Å². The lowest BCUT2D eigenvalue weighted by Gasteiger charge is -2.20. The highest BCUT2D eigenvalue weighted by Gasteiger charge is 2.20. The first-order valence-electron chi connectivity index (χ1n) is 11.5. The van der Waals surface area contributed by atoms with Crippen LogP contribution in [-0.4, -0.2) is 62.3 Å². The zero-order chi connectivity index (χ0) is 25.2. The molecule has 10 nitrogen and oxygen atoms in total. The summed E-state index contributed by atoms with van der Waals surface area (Å²) in [6.45, 7) is 4.43. The van der Waals surface area contributed by atoms with Crippen LogP contribution in [-0.2, 0) is 0 Å². The monoisotopic (exact) mass is 526 g/mol. The highest BCUT2D eigenvalue weighted by Crippen LogP contribution is 2.34. The lowest BCUT2D eigenvalue weighted by atomic mass is 10.1. The number of fused-ring (bicyclic) bond motifs is 1. The normalized spacial score (nSPS) is 15.1. The lowest BCUT2D eigenvalue weighted by molar-refractivity contribution is 0.211. The van der Waals surface area contributed by atoms with Gasteiger partial charge in [0.25, 0.3) is 0 Å². The summed E-state index contributed by atoms with van der Waals surface area (Å²) in [5.74, 6) is 1.25. The van der Waals surface area contributed by atoms with Crippen LogP contribution in [0.2, 0.25) is 10.0 Å². The number of rotatable bonds is 5. The maximum Gasteiger partial charge on any atom is 0.314 e. The van der Waals surface area contributed by atoms with Crippen molar-refractivity contribution in [1.29, 1.82) is 0 Å². The van der Waals surface area contributed by atoms with Crippen molar-refractivity contribution in [2.24, 2.45) is 5.73 Å². The number of hydrogen-bond acceptors (Lipinski definition) is 7. The smallest absolute Gasteiger partial charge is 0.314 e. The highest BCUT2D eigenvalue weighted by atomic mass is 35.5. The number of anilines is 1. The lowest BCUT2D eigenvalue weighted by Crippen LogP contribution is -2.38. The molecule has 36 heavy (non-hydrogen) atoms. The van der Waals surface area contributed by atoms with E-state index in [1.807, 2.05) is 25.1 Å². The number of ether oxygens (including phenoxy) is 1. The van der Waals surface area contributed by atoms with E-state index in [2.05, 4.69) is 30.0 Å². The molecule has 0 bridgehead atoms. The van der Waals surface area contributed by atoms with Gasteiger partial charge in [0.2, 0.25) is 5.95 Å². The molecule has 0 saturated carbocycles. The number of nitrogens with zero attached hydrogens (tertiary/aromatic N) is 6. The number of amides is 2. The summed E-state index contributed by atoms with van der Waals surface area (Å²) < 4.78 is 6.15. The molecule has 0 spiro atoms. The number of urea groups is 1. The number of carbonyl (C=O) groups is 1. The number of nitrogens with one attached hydrogen (secondary N) is 1. The first kappa shape index (κ1) is 24.1.